The molecule has 0 amide bonds. The van der Waals surface area contributed by atoms with Crippen LogP contribution in [0.2, 0.25) is 0 Å². The number of fused-ring (bicyclic) bond motifs is 5. The number of hydrogen-bond donors (Lipinski definition) is 3. The number of pyridine rings is 8. The zero-order chi connectivity index (χ0) is 54.3. The number of H-pyrrole nitrogens is 1. The number of aryl methyl sites for hydroxylation is 2. The number of rotatable bonds is 5. The Morgan fingerprint density at radius 3 is 1.50 bits per heavy atom. The summed E-state index contributed by atoms with van der Waals surface area (Å²) in [5.41, 5.74) is 11.7. The summed E-state index contributed by atoms with van der Waals surface area (Å²) in [7, 11) is 2.38. The minimum Gasteiger partial charge on any atom is -0.423 e. The van der Waals surface area contributed by atoms with Gasteiger partial charge in [-0.3, -0.25) is 24.4 Å². The highest BCUT2D eigenvalue weighted by Gasteiger charge is 2.16. The minimum absolute atomic E-state index is 0.0130. The molecule has 13 rings (SSSR count). The van der Waals surface area contributed by atoms with Crippen molar-refractivity contribution in [1.29, 1.82) is 0 Å². The molecule has 380 valence electrons. The molecule has 16 heteroatoms. The molecule has 13 aromatic rings. The standard InChI is InChI=1S/C24H17N3O.C15H11BrN2O.C14H9BrN2O.C9H8BNO2/c1-27-13-11-22(28)20-15-19(17-9-10-21-18(14-17)8-5-12-25-21)23(26-24(20)27)16-6-3-2-4-7-16;1-18-8-7-13(19)11-9-12(16)14(17-15(11)18)10-5-3-2-4-6-10;15-11-8-10-12(18)6-7-16-14(10)17-13(11)9-4-2-1-3-5-9;12-10(13)8-3-4-9-7(6-8)2-1-5-11-9/h2-15H,1H3;2-9H,1H3;1-8H,(H,16,17,18);1-6,12-13H. The fourth-order valence-corrected chi connectivity index (χ4v) is 9.86. The van der Waals surface area contributed by atoms with Gasteiger partial charge in [0.1, 0.15) is 16.9 Å². The van der Waals surface area contributed by atoms with Gasteiger partial charge in [0.15, 0.2) is 16.3 Å². The van der Waals surface area contributed by atoms with E-state index in [1.807, 2.05) is 169 Å². The van der Waals surface area contributed by atoms with Gasteiger partial charge in [0.2, 0.25) is 0 Å². The Kier molecular flexibility index (Phi) is 15.8. The smallest absolute Gasteiger partial charge is 0.423 e. The molecule has 0 bridgehead atoms. The molecule has 0 saturated heterocycles. The summed E-state index contributed by atoms with van der Waals surface area (Å²) in [6.45, 7) is 0. The van der Waals surface area contributed by atoms with Crippen molar-refractivity contribution in [3.63, 3.8) is 0 Å². The van der Waals surface area contributed by atoms with Gasteiger partial charge in [0, 0.05) is 99.9 Å². The Balaban J connectivity index is 0.000000122. The van der Waals surface area contributed by atoms with E-state index in [4.69, 9.17) is 15.0 Å². The Bertz CT molecular complexity index is 4510. The fraction of sp³-hybridized carbons (Fsp3) is 0.0323. The van der Waals surface area contributed by atoms with Crippen LogP contribution in [0.1, 0.15) is 0 Å². The van der Waals surface area contributed by atoms with Crippen molar-refractivity contribution in [3.05, 3.63) is 259 Å². The van der Waals surface area contributed by atoms with E-state index in [-0.39, 0.29) is 16.3 Å². The predicted molar refractivity (Wildman–Crippen MR) is 320 cm³/mol. The highest BCUT2D eigenvalue weighted by atomic mass is 79.9. The summed E-state index contributed by atoms with van der Waals surface area (Å²) >= 11 is 6.98. The molecule has 5 aromatic carbocycles. The first-order chi connectivity index (χ1) is 37.9. The van der Waals surface area contributed by atoms with Gasteiger partial charge < -0.3 is 24.2 Å². The van der Waals surface area contributed by atoms with Crippen molar-refractivity contribution < 1.29 is 10.0 Å². The van der Waals surface area contributed by atoms with Crippen LogP contribution in [0.15, 0.2) is 242 Å². The normalized spacial score (nSPS) is 10.8. The first-order valence-corrected chi connectivity index (χ1v) is 26.1. The second-order valence-electron chi connectivity index (χ2n) is 17.9. The first-order valence-electron chi connectivity index (χ1n) is 24.5. The summed E-state index contributed by atoms with van der Waals surface area (Å²) < 4.78 is 5.39. The van der Waals surface area contributed by atoms with Gasteiger partial charge >= 0.3 is 7.12 Å². The maximum absolute atomic E-state index is 12.5. The van der Waals surface area contributed by atoms with Crippen LogP contribution in [0.5, 0.6) is 0 Å². The molecular weight excluding hydrogens is 1110 g/mol. The average molecular weight is 1150 g/mol. The van der Waals surface area contributed by atoms with Gasteiger partial charge in [0.25, 0.3) is 0 Å². The van der Waals surface area contributed by atoms with Gasteiger partial charge in [-0.25, -0.2) is 15.0 Å². The number of aromatic amines is 1. The monoisotopic (exact) mass is 1150 g/mol. The molecule has 0 atom stereocenters. The van der Waals surface area contributed by atoms with Gasteiger partial charge in [-0.1, -0.05) is 121 Å². The third-order valence-corrected chi connectivity index (χ3v) is 13.9. The zero-order valence-electron chi connectivity index (χ0n) is 41.9. The highest BCUT2D eigenvalue weighted by Crippen LogP contribution is 2.34. The van der Waals surface area contributed by atoms with E-state index in [0.717, 1.165) is 75.7 Å². The van der Waals surface area contributed by atoms with Crippen molar-refractivity contribution >= 4 is 99.3 Å². The van der Waals surface area contributed by atoms with E-state index in [9.17, 15) is 14.4 Å². The van der Waals surface area contributed by atoms with Crippen LogP contribution in [0.25, 0.3) is 99.8 Å². The number of halogens is 2. The second kappa shape index (κ2) is 23.5. The number of nitrogens with one attached hydrogen (secondary N) is 1. The summed E-state index contributed by atoms with van der Waals surface area (Å²) in [4.78, 5) is 61.6. The molecule has 13 nitrogen and oxygen atoms in total. The quantitative estimate of drug-likeness (QED) is 0.140. The lowest BCUT2D eigenvalue weighted by atomic mass is 9.80. The molecule has 0 fully saturated rings. The third kappa shape index (κ3) is 11.5. The van der Waals surface area contributed by atoms with Crippen LogP contribution in [0.4, 0.5) is 0 Å². The molecule has 0 spiro atoms. The van der Waals surface area contributed by atoms with Gasteiger partial charge in [-0.05, 0) is 96.8 Å². The SMILES string of the molecule is Cn1ccc(=O)c2cc(-c3ccc4ncccc4c3)c(-c3ccccc3)nc21.Cn1ccc(=O)c2cc(Br)c(-c3ccccc3)nc21.O=c1cc[nH]c2nc(-c3ccccc3)c(Br)cc12.OB(O)c1ccc2ncccc2c1. The largest absolute Gasteiger partial charge is 0.488 e. The van der Waals surface area contributed by atoms with Crippen molar-refractivity contribution in [2.75, 3.05) is 0 Å². The van der Waals surface area contributed by atoms with Crippen LogP contribution >= 0.6 is 31.9 Å². The molecule has 0 unspecified atom stereocenters. The van der Waals surface area contributed by atoms with Crippen molar-refractivity contribution in [1.82, 2.24) is 39.0 Å². The fourth-order valence-electron chi connectivity index (χ4n) is 8.77. The molecule has 3 N–H and O–H groups in total. The Morgan fingerprint density at radius 1 is 0.462 bits per heavy atom. The van der Waals surface area contributed by atoms with E-state index >= 15 is 0 Å². The topological polar surface area (TPSA) is 182 Å². The predicted octanol–water partition coefficient (Wildman–Crippen LogP) is 11.4. The lowest BCUT2D eigenvalue weighted by Gasteiger charge is -2.13. The van der Waals surface area contributed by atoms with Gasteiger partial charge in [-0.2, -0.15) is 0 Å². The van der Waals surface area contributed by atoms with E-state index in [1.165, 1.54) is 6.07 Å². The van der Waals surface area contributed by atoms with Crippen LogP contribution < -0.4 is 21.7 Å². The number of aromatic nitrogens is 8. The van der Waals surface area contributed by atoms with E-state index in [0.29, 0.717) is 38.6 Å². The lowest BCUT2D eigenvalue weighted by Crippen LogP contribution is -2.29. The van der Waals surface area contributed by atoms with Crippen LogP contribution in [0.3, 0.4) is 0 Å². The summed E-state index contributed by atoms with van der Waals surface area (Å²) in [6.07, 6.45) is 8.60. The Labute approximate surface area is 463 Å². The van der Waals surface area contributed by atoms with Crippen molar-refractivity contribution in [2.45, 2.75) is 0 Å². The Morgan fingerprint density at radius 2 is 0.936 bits per heavy atom. The molecule has 8 aromatic heterocycles. The first kappa shape index (κ1) is 52.4. The van der Waals surface area contributed by atoms with E-state index in [2.05, 4.69) is 62.8 Å². The summed E-state index contributed by atoms with van der Waals surface area (Å²) in [5.74, 6) is 0. The average Bonchev–Trinajstić information content (AvgIpc) is 3.56. The number of hydrogen-bond acceptors (Lipinski definition) is 10. The third-order valence-electron chi connectivity index (χ3n) is 12.7. The molecule has 0 saturated carbocycles. The van der Waals surface area contributed by atoms with E-state index < -0.39 is 7.12 Å². The molecule has 8 heterocycles. The molecule has 0 radical (unpaired) electrons. The van der Waals surface area contributed by atoms with Crippen LogP contribution in [-0.4, -0.2) is 56.2 Å². The van der Waals surface area contributed by atoms with Crippen molar-refractivity contribution in [3.8, 4) is 44.9 Å². The van der Waals surface area contributed by atoms with Gasteiger partial charge in [-0.15, -0.1) is 0 Å². The molecule has 0 aliphatic carbocycles. The highest BCUT2D eigenvalue weighted by molar-refractivity contribution is 9.11. The van der Waals surface area contributed by atoms with E-state index in [1.54, 1.807) is 61.3 Å². The lowest BCUT2D eigenvalue weighted by molar-refractivity contribution is 0.426. The second-order valence-corrected chi connectivity index (χ2v) is 19.6. The summed E-state index contributed by atoms with van der Waals surface area (Å²) in [6, 6.07) is 59.0. The van der Waals surface area contributed by atoms with Gasteiger partial charge in [0.05, 0.1) is 44.3 Å². The number of benzene rings is 5. The molecule has 78 heavy (non-hydrogen) atoms. The van der Waals surface area contributed by atoms with Crippen LogP contribution in [-0.2, 0) is 14.1 Å². The minimum atomic E-state index is -1.41. The maximum Gasteiger partial charge on any atom is 0.488 e. The number of nitrogens with zero attached hydrogens (tertiary/aromatic N) is 7. The molecule has 0 aliphatic heterocycles. The van der Waals surface area contributed by atoms with Crippen molar-refractivity contribution in [2.24, 2.45) is 14.1 Å². The Hall–Kier alpha value is -9.06. The maximum atomic E-state index is 12.5. The zero-order valence-corrected chi connectivity index (χ0v) is 45.0. The molecule has 0 aliphatic rings. The van der Waals surface area contributed by atoms with Crippen LogP contribution in [0, 0.1) is 0 Å². The summed E-state index contributed by atoms with van der Waals surface area (Å²) in [5, 5.41) is 21.6. The molecular formula is C62H45BBr2N8O5.